The van der Waals surface area contributed by atoms with Gasteiger partial charge in [-0.3, -0.25) is 0 Å². The number of allylic oxidation sites excluding steroid dienone is 1. The highest BCUT2D eigenvalue weighted by Crippen LogP contribution is 2.37. The molecular weight excluding hydrogens is 663 g/mol. The van der Waals surface area contributed by atoms with Gasteiger partial charge >= 0.3 is 0 Å². The maximum atomic E-state index is 2.43. The second-order valence-electron chi connectivity index (χ2n) is 14.5. The van der Waals surface area contributed by atoms with Crippen molar-refractivity contribution < 1.29 is 0 Å². The topological polar surface area (TPSA) is 4.93 Å². The molecule has 0 atom stereocenters. The molecule has 0 aliphatic heterocycles. The molecule has 9 aromatic carbocycles. The number of hydrogen-bond acceptors (Lipinski definition) is 0. The van der Waals surface area contributed by atoms with Crippen LogP contribution in [0.15, 0.2) is 206 Å². The van der Waals surface area contributed by atoms with Gasteiger partial charge < -0.3 is 4.57 Å². The molecule has 1 nitrogen and oxygen atoms in total. The van der Waals surface area contributed by atoms with E-state index in [1.807, 2.05) is 0 Å². The Morgan fingerprint density at radius 3 is 1.75 bits per heavy atom. The fourth-order valence-electron chi connectivity index (χ4n) is 8.30. The van der Waals surface area contributed by atoms with Crippen LogP contribution in [-0.2, 0) is 6.42 Å². The summed E-state index contributed by atoms with van der Waals surface area (Å²) in [5.74, 6) is 0. The minimum Gasteiger partial charge on any atom is -0.309 e. The number of para-hydroxylation sites is 2. The van der Waals surface area contributed by atoms with Crippen LogP contribution in [0.2, 0.25) is 0 Å². The summed E-state index contributed by atoms with van der Waals surface area (Å²) in [6, 6.07) is 75.2. The van der Waals surface area contributed by atoms with Crippen LogP contribution in [0.25, 0.3) is 82.9 Å². The summed E-state index contributed by atoms with van der Waals surface area (Å²) in [5.41, 5.74) is 13.8. The highest BCUT2D eigenvalue weighted by molar-refractivity contribution is 6.13. The molecule has 10 rings (SSSR count). The molecule has 0 saturated heterocycles. The molecule has 1 heteroatoms. The summed E-state index contributed by atoms with van der Waals surface area (Å²) < 4.78 is 2.39. The third-order valence-electron chi connectivity index (χ3n) is 11.1. The Morgan fingerprint density at radius 1 is 0.418 bits per heavy atom. The van der Waals surface area contributed by atoms with E-state index in [-0.39, 0.29) is 0 Å². The highest BCUT2D eigenvalue weighted by atomic mass is 15.0. The lowest BCUT2D eigenvalue weighted by Gasteiger charge is -2.11. The van der Waals surface area contributed by atoms with Crippen LogP contribution in [0.1, 0.15) is 23.1 Å². The Balaban J connectivity index is 0.942. The highest BCUT2D eigenvalue weighted by Gasteiger charge is 2.15. The smallest absolute Gasteiger partial charge is 0.0547 e. The molecule has 0 fully saturated rings. The zero-order valence-electron chi connectivity index (χ0n) is 30.6. The van der Waals surface area contributed by atoms with Crippen LogP contribution >= 0.6 is 0 Å². The van der Waals surface area contributed by atoms with Gasteiger partial charge in [-0.15, -0.1) is 0 Å². The van der Waals surface area contributed by atoms with E-state index in [2.05, 4.69) is 217 Å². The van der Waals surface area contributed by atoms with Crippen molar-refractivity contribution in [1.29, 1.82) is 0 Å². The van der Waals surface area contributed by atoms with Crippen molar-refractivity contribution in [2.75, 3.05) is 0 Å². The molecule has 0 bridgehead atoms. The molecule has 0 aliphatic carbocycles. The van der Waals surface area contributed by atoms with Crippen LogP contribution < -0.4 is 0 Å². The maximum absolute atomic E-state index is 2.43. The molecule has 260 valence electrons. The van der Waals surface area contributed by atoms with E-state index >= 15 is 0 Å². The first-order chi connectivity index (χ1) is 27.2. The lowest BCUT2D eigenvalue weighted by Crippen LogP contribution is -1.93. The zero-order valence-corrected chi connectivity index (χ0v) is 30.6. The average Bonchev–Trinajstić information content (AvgIpc) is 3.60. The molecular formula is C54H39N. The number of aromatic nitrogens is 1. The van der Waals surface area contributed by atoms with Crippen LogP contribution in [0.4, 0.5) is 0 Å². The number of fused-ring (bicyclic) bond motifs is 5. The van der Waals surface area contributed by atoms with Gasteiger partial charge in [-0.2, -0.15) is 0 Å². The van der Waals surface area contributed by atoms with E-state index < -0.39 is 0 Å². The molecule has 10 aromatic rings. The SMILES string of the molecule is C(=C(\CCc1ccc2cc(-c3ccc(-c4ccc5ccccc5c4)cc3)ccc2c1)c1ccccc1)/c1cccc2c1c1ccccc1n2-c1ccccc1. The standard InChI is InChI=1S/C54H39N/c1-3-12-39(13-4-1)45(37-49-16-11-21-53-54(49)51-19-9-10-20-52(51)55(53)50-17-5-2-6-18-50)24-22-38-23-25-48-36-47(33-32-44(48)34-38)42-28-26-41(27-29-42)46-31-30-40-14-7-8-15-43(40)35-46/h1-21,23,25-37H,22,24H2/b45-37-. The number of benzene rings is 9. The largest absolute Gasteiger partial charge is 0.309 e. The number of hydrogen-bond donors (Lipinski definition) is 0. The minimum atomic E-state index is 0.935. The van der Waals surface area contributed by atoms with E-state index in [0.29, 0.717) is 0 Å². The van der Waals surface area contributed by atoms with Crippen molar-refractivity contribution in [1.82, 2.24) is 4.57 Å². The minimum absolute atomic E-state index is 0.935. The molecule has 0 spiro atoms. The fourth-order valence-corrected chi connectivity index (χ4v) is 8.30. The monoisotopic (exact) mass is 701 g/mol. The summed E-state index contributed by atoms with van der Waals surface area (Å²) >= 11 is 0. The van der Waals surface area contributed by atoms with Gasteiger partial charge in [-0.05, 0) is 115 Å². The van der Waals surface area contributed by atoms with Crippen molar-refractivity contribution in [3.05, 3.63) is 223 Å². The Kier molecular flexibility index (Phi) is 8.39. The predicted octanol–water partition coefficient (Wildman–Crippen LogP) is 14.6. The lowest BCUT2D eigenvalue weighted by atomic mass is 9.93. The van der Waals surface area contributed by atoms with Crippen molar-refractivity contribution in [2.24, 2.45) is 0 Å². The van der Waals surface area contributed by atoms with Crippen molar-refractivity contribution >= 4 is 55.0 Å². The van der Waals surface area contributed by atoms with E-state index in [1.54, 1.807) is 0 Å². The van der Waals surface area contributed by atoms with Gasteiger partial charge in [0.2, 0.25) is 0 Å². The second kappa shape index (κ2) is 14.1. The van der Waals surface area contributed by atoms with Gasteiger partial charge in [0.1, 0.15) is 0 Å². The summed E-state index contributed by atoms with van der Waals surface area (Å²) in [5, 5.41) is 7.65. The Labute approximate surface area is 322 Å². The van der Waals surface area contributed by atoms with Gasteiger partial charge in [0.25, 0.3) is 0 Å². The Bertz CT molecular complexity index is 3000. The molecule has 1 heterocycles. The molecule has 0 amide bonds. The van der Waals surface area contributed by atoms with Crippen LogP contribution in [0.3, 0.4) is 0 Å². The van der Waals surface area contributed by atoms with E-state index in [0.717, 1.165) is 12.8 Å². The van der Waals surface area contributed by atoms with Crippen LogP contribution in [0, 0.1) is 0 Å². The summed E-state index contributed by atoms with van der Waals surface area (Å²) in [6.45, 7) is 0. The van der Waals surface area contributed by atoms with Gasteiger partial charge in [-0.25, -0.2) is 0 Å². The van der Waals surface area contributed by atoms with E-state index in [9.17, 15) is 0 Å². The van der Waals surface area contributed by atoms with E-state index in [4.69, 9.17) is 0 Å². The molecule has 0 saturated carbocycles. The van der Waals surface area contributed by atoms with Gasteiger partial charge in [0, 0.05) is 16.5 Å². The molecule has 0 N–H and O–H groups in total. The first kappa shape index (κ1) is 32.7. The fraction of sp³-hybridized carbons (Fsp3) is 0.0370. The quantitative estimate of drug-likeness (QED) is 0.139. The summed E-state index contributed by atoms with van der Waals surface area (Å²) in [4.78, 5) is 0. The van der Waals surface area contributed by atoms with Crippen molar-refractivity contribution in [2.45, 2.75) is 12.8 Å². The van der Waals surface area contributed by atoms with Crippen molar-refractivity contribution in [3.8, 4) is 27.9 Å². The maximum Gasteiger partial charge on any atom is 0.0547 e. The van der Waals surface area contributed by atoms with Crippen molar-refractivity contribution in [3.63, 3.8) is 0 Å². The number of rotatable bonds is 8. The summed E-state index contributed by atoms with van der Waals surface area (Å²) in [6.07, 6.45) is 4.32. The van der Waals surface area contributed by atoms with Gasteiger partial charge in [0.05, 0.1) is 11.0 Å². The molecule has 0 unspecified atom stereocenters. The first-order valence-corrected chi connectivity index (χ1v) is 19.2. The number of nitrogens with zero attached hydrogens (tertiary/aromatic N) is 1. The average molecular weight is 702 g/mol. The van der Waals surface area contributed by atoms with Crippen LogP contribution in [0.5, 0.6) is 0 Å². The lowest BCUT2D eigenvalue weighted by molar-refractivity contribution is 1.02. The molecule has 0 radical (unpaired) electrons. The Hall–Kier alpha value is -6.96. The zero-order chi connectivity index (χ0) is 36.6. The molecule has 55 heavy (non-hydrogen) atoms. The number of aryl methyl sites for hydroxylation is 1. The normalized spacial score (nSPS) is 11.9. The molecule has 0 aliphatic rings. The van der Waals surface area contributed by atoms with Gasteiger partial charge in [0.15, 0.2) is 0 Å². The Morgan fingerprint density at radius 2 is 0.982 bits per heavy atom. The third-order valence-corrected chi connectivity index (χ3v) is 11.1. The molecule has 1 aromatic heterocycles. The van der Waals surface area contributed by atoms with E-state index in [1.165, 1.54) is 93.6 Å². The second-order valence-corrected chi connectivity index (χ2v) is 14.5. The van der Waals surface area contributed by atoms with Gasteiger partial charge in [-0.1, -0.05) is 176 Å². The first-order valence-electron chi connectivity index (χ1n) is 19.2. The third kappa shape index (κ3) is 6.30. The van der Waals surface area contributed by atoms with Crippen LogP contribution in [-0.4, -0.2) is 4.57 Å². The summed E-state index contributed by atoms with van der Waals surface area (Å²) in [7, 11) is 0. The predicted molar refractivity (Wildman–Crippen MR) is 236 cm³/mol.